The minimum absolute atomic E-state index is 0.117. The number of hydrogen-bond donors (Lipinski definition) is 1. The molecule has 0 aliphatic carbocycles. The van der Waals surface area contributed by atoms with Crippen molar-refractivity contribution in [3.63, 3.8) is 0 Å². The molecule has 0 heterocycles. The van der Waals surface area contributed by atoms with Crippen LogP contribution in [-0.2, 0) is 14.8 Å². The van der Waals surface area contributed by atoms with Crippen molar-refractivity contribution in [2.24, 2.45) is 0 Å². The molecule has 3 rings (SSSR count). The Kier molecular flexibility index (Phi) is 7.67. The third-order valence-electron chi connectivity index (χ3n) is 5.96. The molecule has 1 amide bonds. The number of anilines is 1. The lowest BCUT2D eigenvalue weighted by atomic mass is 9.96. The highest BCUT2D eigenvalue weighted by molar-refractivity contribution is 7.92. The highest BCUT2D eigenvalue weighted by Gasteiger charge is 2.28. The van der Waals surface area contributed by atoms with Crippen LogP contribution in [0.5, 0.6) is 5.75 Å². The van der Waals surface area contributed by atoms with Crippen molar-refractivity contribution in [1.82, 2.24) is 5.32 Å². The first kappa shape index (κ1) is 25.3. The van der Waals surface area contributed by atoms with Crippen LogP contribution in [0, 0.1) is 27.7 Å². The maximum Gasteiger partial charge on any atom is 0.264 e. The summed E-state index contributed by atoms with van der Waals surface area (Å²) in [6, 6.07) is 17.2. The minimum Gasteiger partial charge on any atom is -0.497 e. The molecule has 1 atom stereocenters. The maximum absolute atomic E-state index is 13.6. The fourth-order valence-corrected chi connectivity index (χ4v) is 5.28. The van der Waals surface area contributed by atoms with E-state index < -0.39 is 15.9 Å². The molecule has 3 aromatic carbocycles. The van der Waals surface area contributed by atoms with Crippen LogP contribution in [0.3, 0.4) is 0 Å². The number of rotatable bonds is 8. The molecule has 0 aliphatic heterocycles. The summed E-state index contributed by atoms with van der Waals surface area (Å²) in [4.78, 5) is 13.2. The second kappa shape index (κ2) is 10.3. The summed E-state index contributed by atoms with van der Waals surface area (Å²) in [5.41, 5.74) is 5.71. The van der Waals surface area contributed by atoms with Gasteiger partial charge in [-0.15, -0.1) is 0 Å². The van der Waals surface area contributed by atoms with Crippen molar-refractivity contribution in [2.75, 3.05) is 18.0 Å². The van der Waals surface area contributed by atoms with Gasteiger partial charge in [-0.1, -0.05) is 35.9 Å². The summed E-state index contributed by atoms with van der Waals surface area (Å²) in [6.45, 7) is 9.52. The molecule has 180 valence electrons. The number of ether oxygens (including phenoxy) is 1. The van der Waals surface area contributed by atoms with Gasteiger partial charge in [0.1, 0.15) is 12.3 Å². The van der Waals surface area contributed by atoms with Crippen molar-refractivity contribution >= 4 is 21.6 Å². The Morgan fingerprint density at radius 3 is 2.24 bits per heavy atom. The Morgan fingerprint density at radius 2 is 1.59 bits per heavy atom. The fourth-order valence-electron chi connectivity index (χ4n) is 3.86. The molecule has 0 aliphatic rings. The number of aryl methyl sites for hydroxylation is 4. The van der Waals surface area contributed by atoms with E-state index >= 15 is 0 Å². The average molecular weight is 481 g/mol. The lowest BCUT2D eigenvalue weighted by Crippen LogP contribution is -2.41. The monoisotopic (exact) mass is 480 g/mol. The normalized spacial score (nSPS) is 12.2. The first-order valence-electron chi connectivity index (χ1n) is 11.1. The summed E-state index contributed by atoms with van der Waals surface area (Å²) in [5, 5.41) is 2.97. The molecule has 1 N–H and O–H groups in total. The summed E-state index contributed by atoms with van der Waals surface area (Å²) in [5.74, 6) is 0.102. The van der Waals surface area contributed by atoms with Gasteiger partial charge < -0.3 is 10.1 Å². The van der Waals surface area contributed by atoms with Crippen LogP contribution in [0.4, 0.5) is 5.69 Å². The second-order valence-electron chi connectivity index (χ2n) is 8.61. The Bertz CT molecular complexity index is 1280. The number of nitrogens with zero attached hydrogens (tertiary/aromatic N) is 1. The van der Waals surface area contributed by atoms with Crippen molar-refractivity contribution < 1.29 is 17.9 Å². The third-order valence-corrected chi connectivity index (χ3v) is 7.75. The zero-order chi connectivity index (χ0) is 25.0. The van der Waals surface area contributed by atoms with Crippen LogP contribution in [0.2, 0.25) is 0 Å². The Hall–Kier alpha value is -3.32. The standard InChI is InChI=1S/C27H32N2O4S/c1-18-10-12-25(13-11-18)34(31,32)29(23-8-7-9-24(16-23)33-6)17-27(30)28-22(5)26-15-20(3)19(2)14-21(26)4/h7-16,22H,17H2,1-6H3,(H,28,30). The van der Waals surface area contributed by atoms with Gasteiger partial charge >= 0.3 is 0 Å². The summed E-state index contributed by atoms with van der Waals surface area (Å²) in [7, 11) is -2.48. The summed E-state index contributed by atoms with van der Waals surface area (Å²) >= 11 is 0. The van der Waals surface area contributed by atoms with Crippen LogP contribution >= 0.6 is 0 Å². The van der Waals surface area contributed by atoms with Crippen LogP contribution in [0.15, 0.2) is 65.6 Å². The van der Waals surface area contributed by atoms with E-state index in [1.165, 1.54) is 12.7 Å². The molecule has 3 aromatic rings. The molecular weight excluding hydrogens is 448 g/mol. The number of sulfonamides is 1. The molecule has 6 nitrogen and oxygen atoms in total. The summed E-state index contributed by atoms with van der Waals surface area (Å²) < 4.78 is 33.6. The van der Waals surface area contributed by atoms with Crippen LogP contribution in [-0.4, -0.2) is 28.0 Å². The number of benzene rings is 3. The molecule has 0 spiro atoms. The second-order valence-corrected chi connectivity index (χ2v) is 10.5. The predicted molar refractivity (Wildman–Crippen MR) is 136 cm³/mol. The van der Waals surface area contributed by atoms with Crippen molar-refractivity contribution in [3.05, 3.63) is 88.5 Å². The predicted octanol–water partition coefficient (Wildman–Crippen LogP) is 5.00. The topological polar surface area (TPSA) is 75.7 Å². The van der Waals surface area contributed by atoms with Gasteiger partial charge in [-0.05, 0) is 81.1 Å². The first-order chi connectivity index (χ1) is 16.0. The van der Waals surface area contributed by atoms with Gasteiger partial charge in [0, 0.05) is 6.07 Å². The lowest BCUT2D eigenvalue weighted by molar-refractivity contribution is -0.120. The quantitative estimate of drug-likeness (QED) is 0.492. The van der Waals surface area contributed by atoms with Crippen LogP contribution < -0.4 is 14.4 Å². The molecule has 0 aromatic heterocycles. The largest absolute Gasteiger partial charge is 0.497 e. The van der Waals surface area contributed by atoms with Crippen molar-refractivity contribution in [3.8, 4) is 5.75 Å². The molecule has 7 heteroatoms. The number of methoxy groups -OCH3 is 1. The zero-order valence-electron chi connectivity index (χ0n) is 20.5. The zero-order valence-corrected chi connectivity index (χ0v) is 21.4. The molecule has 1 unspecified atom stereocenters. The van der Waals surface area contributed by atoms with Gasteiger partial charge in [-0.25, -0.2) is 8.42 Å². The van der Waals surface area contributed by atoms with Gasteiger partial charge in [-0.3, -0.25) is 9.10 Å². The van der Waals surface area contributed by atoms with E-state index in [-0.39, 0.29) is 17.5 Å². The highest BCUT2D eigenvalue weighted by Crippen LogP contribution is 2.27. The number of hydrogen-bond acceptors (Lipinski definition) is 4. The molecule has 0 saturated heterocycles. The van der Waals surface area contributed by atoms with E-state index in [2.05, 4.69) is 24.4 Å². The van der Waals surface area contributed by atoms with Gasteiger partial charge in [0.05, 0.1) is 23.7 Å². The average Bonchev–Trinajstić information content (AvgIpc) is 2.80. The van der Waals surface area contributed by atoms with Gasteiger partial charge in [0.25, 0.3) is 10.0 Å². The molecule has 0 bridgehead atoms. The van der Waals surface area contributed by atoms with E-state index in [9.17, 15) is 13.2 Å². The van der Waals surface area contributed by atoms with Crippen LogP contribution in [0.25, 0.3) is 0 Å². The SMILES string of the molecule is COc1cccc(N(CC(=O)NC(C)c2cc(C)c(C)cc2C)S(=O)(=O)c2ccc(C)cc2)c1. The van der Waals surface area contributed by atoms with Crippen molar-refractivity contribution in [1.29, 1.82) is 0 Å². The van der Waals surface area contributed by atoms with E-state index in [0.29, 0.717) is 11.4 Å². The van der Waals surface area contributed by atoms with E-state index in [0.717, 1.165) is 26.6 Å². The molecule has 0 radical (unpaired) electrons. The number of carbonyl (C=O) groups excluding carboxylic acids is 1. The molecular formula is C27H32N2O4S. The maximum atomic E-state index is 13.6. The Morgan fingerprint density at radius 1 is 0.941 bits per heavy atom. The summed E-state index contributed by atoms with van der Waals surface area (Å²) in [6.07, 6.45) is 0. The van der Waals surface area contributed by atoms with Crippen LogP contribution in [0.1, 0.15) is 40.8 Å². The minimum atomic E-state index is -3.99. The number of carbonyl (C=O) groups is 1. The van der Waals surface area contributed by atoms with E-state index in [1.54, 1.807) is 48.5 Å². The van der Waals surface area contributed by atoms with E-state index in [1.807, 2.05) is 27.7 Å². The molecule has 0 saturated carbocycles. The smallest absolute Gasteiger partial charge is 0.264 e. The first-order valence-corrected chi connectivity index (χ1v) is 12.6. The van der Waals surface area contributed by atoms with Gasteiger partial charge in [-0.2, -0.15) is 0 Å². The van der Waals surface area contributed by atoms with Crippen molar-refractivity contribution in [2.45, 2.75) is 45.6 Å². The Labute approximate surface area is 202 Å². The van der Waals surface area contributed by atoms with Gasteiger partial charge in [0.15, 0.2) is 0 Å². The molecule has 0 fully saturated rings. The number of nitrogens with one attached hydrogen (secondary N) is 1. The van der Waals surface area contributed by atoms with E-state index in [4.69, 9.17) is 4.74 Å². The number of amides is 1. The molecule has 34 heavy (non-hydrogen) atoms. The Balaban J connectivity index is 1.93. The third kappa shape index (κ3) is 5.59. The fraction of sp³-hybridized carbons (Fsp3) is 0.296. The van der Waals surface area contributed by atoms with Gasteiger partial charge in [0.2, 0.25) is 5.91 Å². The highest BCUT2D eigenvalue weighted by atomic mass is 32.2. The lowest BCUT2D eigenvalue weighted by Gasteiger charge is -2.26.